The highest BCUT2D eigenvalue weighted by atomic mass is 14.9. The maximum absolute atomic E-state index is 3.83. The number of benzene rings is 2. The number of aryl methyl sites for hydroxylation is 1. The van der Waals surface area contributed by atoms with E-state index >= 15 is 0 Å². The molecular formula is C23H28N2. The van der Waals surface area contributed by atoms with Crippen LogP contribution in [0.4, 0.5) is 5.69 Å². The lowest BCUT2D eigenvalue weighted by molar-refractivity contribution is 0.755. The third kappa shape index (κ3) is 3.58. The molecule has 130 valence electrons. The second-order valence-electron chi connectivity index (χ2n) is 7.39. The summed E-state index contributed by atoms with van der Waals surface area (Å²) in [6.07, 6.45) is 8.97. The minimum Gasteiger partial charge on any atom is -0.381 e. The van der Waals surface area contributed by atoms with Crippen molar-refractivity contribution in [2.24, 2.45) is 0 Å². The first-order valence-electron chi connectivity index (χ1n) is 9.81. The van der Waals surface area contributed by atoms with Crippen molar-refractivity contribution in [1.82, 2.24) is 4.98 Å². The average molecular weight is 332 g/mol. The Morgan fingerprint density at radius 1 is 1.04 bits per heavy atom. The molecule has 0 spiro atoms. The van der Waals surface area contributed by atoms with Gasteiger partial charge in [-0.2, -0.15) is 0 Å². The SMILES string of the molecule is CCCCc1cc(NC2CCCC2)c2[nH]c(-c3ccccc3)cc2c1. The highest BCUT2D eigenvalue weighted by Crippen LogP contribution is 2.32. The Kier molecular flexibility index (Phi) is 4.78. The van der Waals surface area contributed by atoms with Crippen LogP contribution in [0.1, 0.15) is 51.0 Å². The van der Waals surface area contributed by atoms with E-state index in [9.17, 15) is 0 Å². The molecule has 4 rings (SSSR count). The van der Waals surface area contributed by atoms with Gasteiger partial charge in [0, 0.05) is 17.1 Å². The molecule has 2 heteroatoms. The maximum atomic E-state index is 3.83. The zero-order valence-corrected chi connectivity index (χ0v) is 15.1. The fraction of sp³-hybridized carbons (Fsp3) is 0.391. The second-order valence-corrected chi connectivity index (χ2v) is 7.39. The number of aromatic amines is 1. The van der Waals surface area contributed by atoms with Gasteiger partial charge in [0.15, 0.2) is 0 Å². The van der Waals surface area contributed by atoms with Crippen LogP contribution in [0.2, 0.25) is 0 Å². The molecule has 0 atom stereocenters. The third-order valence-corrected chi connectivity index (χ3v) is 5.41. The van der Waals surface area contributed by atoms with Gasteiger partial charge < -0.3 is 10.3 Å². The standard InChI is InChI=1S/C23H28N2/c1-2-3-9-17-14-19-16-21(18-10-5-4-6-11-18)25-23(19)22(15-17)24-20-12-7-8-13-20/h4-6,10-11,14-16,20,24-25H,2-3,7-9,12-13H2,1H3. The van der Waals surface area contributed by atoms with E-state index in [1.807, 2.05) is 0 Å². The summed E-state index contributed by atoms with van der Waals surface area (Å²) in [6, 6.07) is 18.3. The molecule has 3 aromatic rings. The summed E-state index contributed by atoms with van der Waals surface area (Å²) < 4.78 is 0. The third-order valence-electron chi connectivity index (χ3n) is 5.41. The van der Waals surface area contributed by atoms with Crippen molar-refractivity contribution in [1.29, 1.82) is 0 Å². The van der Waals surface area contributed by atoms with Crippen LogP contribution in [-0.2, 0) is 6.42 Å². The zero-order valence-electron chi connectivity index (χ0n) is 15.1. The van der Waals surface area contributed by atoms with Crippen molar-refractivity contribution in [3.63, 3.8) is 0 Å². The normalized spacial score (nSPS) is 15.1. The second kappa shape index (κ2) is 7.35. The van der Waals surface area contributed by atoms with Crippen LogP contribution < -0.4 is 5.32 Å². The summed E-state index contributed by atoms with van der Waals surface area (Å²) in [7, 11) is 0. The van der Waals surface area contributed by atoms with Gasteiger partial charge >= 0.3 is 0 Å². The minimum atomic E-state index is 0.633. The molecule has 25 heavy (non-hydrogen) atoms. The van der Waals surface area contributed by atoms with Crippen LogP contribution in [-0.4, -0.2) is 11.0 Å². The van der Waals surface area contributed by atoms with E-state index in [1.165, 1.54) is 71.9 Å². The molecule has 0 amide bonds. The van der Waals surface area contributed by atoms with E-state index in [4.69, 9.17) is 0 Å². The predicted octanol–water partition coefficient (Wildman–Crippen LogP) is 6.53. The van der Waals surface area contributed by atoms with Crippen LogP contribution in [0.15, 0.2) is 48.5 Å². The lowest BCUT2D eigenvalue weighted by atomic mass is 10.0. The van der Waals surface area contributed by atoms with Crippen molar-refractivity contribution in [2.75, 3.05) is 5.32 Å². The number of hydrogen-bond acceptors (Lipinski definition) is 1. The Labute approximate surface area is 150 Å². The lowest BCUT2D eigenvalue weighted by Gasteiger charge is -2.16. The van der Waals surface area contributed by atoms with E-state index in [-0.39, 0.29) is 0 Å². The first-order valence-corrected chi connectivity index (χ1v) is 9.81. The largest absolute Gasteiger partial charge is 0.381 e. The summed E-state index contributed by atoms with van der Waals surface area (Å²) in [4.78, 5) is 3.68. The Hall–Kier alpha value is -2.22. The Bertz CT molecular complexity index is 826. The fourth-order valence-corrected chi connectivity index (χ4v) is 4.01. The molecule has 2 nitrogen and oxygen atoms in total. The molecule has 0 aliphatic heterocycles. The average Bonchev–Trinajstić information content (AvgIpc) is 3.30. The molecule has 1 heterocycles. The maximum Gasteiger partial charge on any atom is 0.0694 e. The first kappa shape index (κ1) is 16.3. The topological polar surface area (TPSA) is 27.8 Å². The van der Waals surface area contributed by atoms with Crippen molar-refractivity contribution < 1.29 is 0 Å². The number of rotatable bonds is 6. The van der Waals surface area contributed by atoms with Gasteiger partial charge in [-0.25, -0.2) is 0 Å². The molecule has 0 radical (unpaired) electrons. The number of aromatic nitrogens is 1. The molecule has 1 aliphatic rings. The molecule has 1 aromatic heterocycles. The van der Waals surface area contributed by atoms with E-state index < -0.39 is 0 Å². The molecular weight excluding hydrogens is 304 g/mol. The van der Waals surface area contributed by atoms with Gasteiger partial charge in [-0.1, -0.05) is 56.5 Å². The van der Waals surface area contributed by atoms with E-state index in [1.54, 1.807) is 0 Å². The van der Waals surface area contributed by atoms with Crippen LogP contribution in [0.25, 0.3) is 22.2 Å². The summed E-state index contributed by atoms with van der Waals surface area (Å²) in [5, 5.41) is 5.16. The highest BCUT2D eigenvalue weighted by Gasteiger charge is 2.17. The number of hydrogen-bond donors (Lipinski definition) is 2. The summed E-state index contributed by atoms with van der Waals surface area (Å²) >= 11 is 0. The van der Waals surface area contributed by atoms with Crippen molar-refractivity contribution in [3.8, 4) is 11.3 Å². The molecule has 0 saturated heterocycles. The van der Waals surface area contributed by atoms with Gasteiger partial charge in [0.05, 0.1) is 11.2 Å². The van der Waals surface area contributed by atoms with Crippen molar-refractivity contribution >= 4 is 16.6 Å². The monoisotopic (exact) mass is 332 g/mol. The number of nitrogens with one attached hydrogen (secondary N) is 2. The van der Waals surface area contributed by atoms with Crippen LogP contribution >= 0.6 is 0 Å². The molecule has 1 fully saturated rings. The van der Waals surface area contributed by atoms with Gasteiger partial charge in [0.25, 0.3) is 0 Å². The van der Waals surface area contributed by atoms with Crippen molar-refractivity contribution in [2.45, 2.75) is 57.9 Å². The Balaban J connectivity index is 1.74. The van der Waals surface area contributed by atoms with Crippen LogP contribution in [0.5, 0.6) is 0 Å². The molecule has 0 unspecified atom stereocenters. The number of fused-ring (bicyclic) bond motifs is 1. The summed E-state index contributed by atoms with van der Waals surface area (Å²) in [5.41, 5.74) is 6.45. The fourth-order valence-electron chi connectivity index (χ4n) is 4.01. The minimum absolute atomic E-state index is 0.633. The van der Waals surface area contributed by atoms with Gasteiger partial charge in [-0.3, -0.25) is 0 Å². The highest BCUT2D eigenvalue weighted by molar-refractivity contribution is 5.95. The van der Waals surface area contributed by atoms with E-state index in [0.29, 0.717) is 6.04 Å². The molecule has 0 bridgehead atoms. The molecule has 1 saturated carbocycles. The van der Waals surface area contributed by atoms with Crippen molar-refractivity contribution in [3.05, 3.63) is 54.1 Å². The Morgan fingerprint density at radius 3 is 2.60 bits per heavy atom. The number of H-pyrrole nitrogens is 1. The lowest BCUT2D eigenvalue weighted by Crippen LogP contribution is -2.14. The molecule has 1 aliphatic carbocycles. The predicted molar refractivity (Wildman–Crippen MR) is 108 cm³/mol. The van der Waals surface area contributed by atoms with Gasteiger partial charge in [-0.15, -0.1) is 0 Å². The van der Waals surface area contributed by atoms with Gasteiger partial charge in [0.2, 0.25) is 0 Å². The number of unbranched alkanes of at least 4 members (excludes halogenated alkanes) is 1. The van der Waals surface area contributed by atoms with Crippen LogP contribution in [0, 0.1) is 0 Å². The zero-order chi connectivity index (χ0) is 17.1. The quantitative estimate of drug-likeness (QED) is 0.527. The summed E-state index contributed by atoms with van der Waals surface area (Å²) in [6.45, 7) is 2.26. The van der Waals surface area contributed by atoms with E-state index in [0.717, 1.165) is 6.42 Å². The van der Waals surface area contributed by atoms with Crippen LogP contribution in [0.3, 0.4) is 0 Å². The van der Waals surface area contributed by atoms with Gasteiger partial charge in [-0.05, 0) is 55.0 Å². The van der Waals surface area contributed by atoms with Gasteiger partial charge in [0.1, 0.15) is 0 Å². The Morgan fingerprint density at radius 2 is 1.84 bits per heavy atom. The molecule has 2 aromatic carbocycles. The number of anilines is 1. The van der Waals surface area contributed by atoms with E-state index in [2.05, 4.69) is 65.8 Å². The smallest absolute Gasteiger partial charge is 0.0694 e. The molecule has 2 N–H and O–H groups in total. The summed E-state index contributed by atoms with van der Waals surface area (Å²) in [5.74, 6) is 0. The first-order chi connectivity index (χ1) is 12.3.